The van der Waals surface area contributed by atoms with Crippen molar-refractivity contribution < 1.29 is 88.2 Å². The molecule has 5 heteroatoms. The van der Waals surface area contributed by atoms with Crippen LogP contribution in [0.5, 0.6) is 0 Å². The van der Waals surface area contributed by atoms with E-state index >= 15 is 0 Å². The largest absolute Gasteiger partial charge is 1.00 e. The van der Waals surface area contributed by atoms with Crippen molar-refractivity contribution in [2.75, 3.05) is 0 Å². The summed E-state index contributed by atoms with van der Waals surface area (Å²) >= 11 is 0. The van der Waals surface area contributed by atoms with E-state index in [-0.39, 0.29) is 90.2 Å². The molecule has 0 bridgehead atoms. The number of Topliss-reactive ketones (excluding diaryl/α,β-unsaturated/α-hetero) is 2. The van der Waals surface area contributed by atoms with Gasteiger partial charge in [0.15, 0.2) is 11.6 Å². The molecule has 0 atom stereocenters. The Morgan fingerprint density at radius 2 is 1.37 bits per heavy atom. The molecule has 0 unspecified atom stereocenters. The van der Waals surface area contributed by atoms with Crippen LogP contribution in [0.15, 0.2) is 24.3 Å². The monoisotopic (exact) mass is 599 g/mol. The number of carbonyl (C=O) groups excluding carboxylic acids is 2. The van der Waals surface area contributed by atoms with Crippen LogP contribution in [-0.2, 0) is 20.4 Å². The van der Waals surface area contributed by atoms with Gasteiger partial charge in [-0.25, -0.2) is 16.5 Å². The maximum absolute atomic E-state index is 12.8. The Hall–Kier alpha value is -0.342. The van der Waals surface area contributed by atoms with Gasteiger partial charge in [0.2, 0.25) is 0 Å². The predicted molar refractivity (Wildman–Crippen MR) is 96.2 cm³/mol. The third-order valence-corrected chi connectivity index (χ3v) is 5.23. The molecule has 131 valence electrons. The fraction of sp³-hybridized carbons (Fsp3) is 0.227. The topological polar surface area (TPSA) is 47.0 Å². The maximum Gasteiger partial charge on any atom is 1.00 e. The summed E-state index contributed by atoms with van der Waals surface area (Å²) in [7, 11) is 0. The van der Waals surface area contributed by atoms with Gasteiger partial charge in [0.05, 0.1) is 0 Å². The van der Waals surface area contributed by atoms with Crippen molar-refractivity contribution in [1.82, 2.24) is 4.98 Å². The smallest absolute Gasteiger partial charge is 0.327 e. The molecule has 1 aliphatic rings. The SMILES string of the molecule is Cc1[c-]c2nc(C3C(=O)c4ccccc4C3=O)c(C)c(C)c2[c-]c1C.[Rb+].[Re]. The van der Waals surface area contributed by atoms with Crippen molar-refractivity contribution in [2.24, 2.45) is 0 Å². The van der Waals surface area contributed by atoms with Gasteiger partial charge >= 0.3 is 58.2 Å². The number of aromatic nitrogens is 1. The number of hydrogen-bond donors (Lipinski definition) is 0. The molecule has 0 spiro atoms. The average Bonchev–Trinajstić information content (AvgIpc) is 2.85. The minimum absolute atomic E-state index is 0. The number of ketones is 2. The second-order valence-corrected chi connectivity index (χ2v) is 6.68. The Morgan fingerprint density at radius 3 is 1.93 bits per heavy atom. The second kappa shape index (κ2) is 8.57. The van der Waals surface area contributed by atoms with E-state index in [2.05, 4.69) is 17.1 Å². The van der Waals surface area contributed by atoms with Gasteiger partial charge in [-0.3, -0.25) is 21.7 Å². The first kappa shape index (κ1) is 22.9. The van der Waals surface area contributed by atoms with Crippen LogP contribution >= 0.6 is 0 Å². The van der Waals surface area contributed by atoms with E-state index in [4.69, 9.17) is 0 Å². The number of pyridine rings is 1. The van der Waals surface area contributed by atoms with Crippen LogP contribution < -0.4 is 58.2 Å². The van der Waals surface area contributed by atoms with E-state index in [1.54, 1.807) is 24.3 Å². The summed E-state index contributed by atoms with van der Waals surface area (Å²) in [5, 5.41) is 0.903. The van der Waals surface area contributed by atoms with E-state index in [9.17, 15) is 9.59 Å². The van der Waals surface area contributed by atoms with Gasteiger partial charge in [-0.15, -0.1) is 12.4 Å². The second-order valence-electron chi connectivity index (χ2n) is 6.68. The molecular formula is C22H17NO2RbRe-. The molecule has 0 aliphatic heterocycles. The number of rotatable bonds is 1. The van der Waals surface area contributed by atoms with Gasteiger partial charge in [-0.1, -0.05) is 43.7 Å². The molecule has 27 heavy (non-hydrogen) atoms. The molecule has 1 aliphatic carbocycles. The zero-order chi connectivity index (χ0) is 17.9. The minimum atomic E-state index is -0.851. The van der Waals surface area contributed by atoms with Crippen LogP contribution in [0, 0.1) is 39.8 Å². The van der Waals surface area contributed by atoms with Crippen molar-refractivity contribution in [3.05, 3.63) is 75.5 Å². The molecule has 0 saturated heterocycles. The van der Waals surface area contributed by atoms with Crippen LogP contribution in [0.1, 0.15) is 54.6 Å². The number of nitrogens with zero attached hydrogens (tertiary/aromatic N) is 1. The van der Waals surface area contributed by atoms with Crippen molar-refractivity contribution in [1.29, 1.82) is 0 Å². The Kier molecular flexibility index (Phi) is 7.28. The first-order valence-electron chi connectivity index (χ1n) is 8.30. The normalized spacial score (nSPS) is 13.3. The minimum Gasteiger partial charge on any atom is -0.327 e. The summed E-state index contributed by atoms with van der Waals surface area (Å²) in [6.07, 6.45) is 0. The van der Waals surface area contributed by atoms with Gasteiger partial charge in [-0.05, 0) is 6.92 Å². The molecule has 1 aromatic heterocycles. The average molecular weight is 599 g/mol. The molecule has 1 heterocycles. The summed E-state index contributed by atoms with van der Waals surface area (Å²) in [5.41, 5.74) is 6.07. The summed E-state index contributed by atoms with van der Waals surface area (Å²) < 4.78 is 0. The van der Waals surface area contributed by atoms with Crippen LogP contribution in [0.4, 0.5) is 0 Å². The summed E-state index contributed by atoms with van der Waals surface area (Å²) in [6, 6.07) is 13.6. The molecule has 3 aromatic rings. The Labute approximate surface area is 221 Å². The van der Waals surface area contributed by atoms with E-state index in [0.717, 1.165) is 27.6 Å². The van der Waals surface area contributed by atoms with Crippen molar-refractivity contribution >= 4 is 22.5 Å². The van der Waals surface area contributed by atoms with Gasteiger partial charge in [0.1, 0.15) is 5.92 Å². The molecule has 0 fully saturated rings. The quantitative estimate of drug-likeness (QED) is 0.313. The van der Waals surface area contributed by atoms with E-state index in [1.807, 2.05) is 27.7 Å². The Bertz CT molecular complexity index is 1060. The standard InChI is InChI=1S/C22H17NO2.Rb.Re/c1-11-9-17-13(3)14(4)20(23-18(17)10-12(11)2)19-21(24)15-7-5-6-8-16(15)22(19)25;;/h5-8,19H,1-4H3;;/q-2;+1;. The number of fused-ring (bicyclic) bond motifs is 2. The molecule has 0 saturated carbocycles. The van der Waals surface area contributed by atoms with Gasteiger partial charge in [0.25, 0.3) is 0 Å². The van der Waals surface area contributed by atoms with Crippen molar-refractivity contribution in [3.63, 3.8) is 0 Å². The van der Waals surface area contributed by atoms with E-state index < -0.39 is 5.92 Å². The third kappa shape index (κ3) is 3.66. The van der Waals surface area contributed by atoms with Gasteiger partial charge in [0, 0.05) is 37.2 Å². The fourth-order valence-electron chi connectivity index (χ4n) is 3.49. The number of hydrogen-bond acceptors (Lipinski definition) is 3. The Balaban J connectivity index is 0.00000131. The molecule has 0 amide bonds. The maximum atomic E-state index is 12.8. The predicted octanol–water partition coefficient (Wildman–Crippen LogP) is 1.23. The van der Waals surface area contributed by atoms with Crippen molar-refractivity contribution in [2.45, 2.75) is 33.6 Å². The van der Waals surface area contributed by atoms with Crippen LogP contribution in [0.2, 0.25) is 0 Å². The van der Waals surface area contributed by atoms with Gasteiger partial charge < -0.3 is 4.98 Å². The first-order chi connectivity index (χ1) is 11.9. The van der Waals surface area contributed by atoms with Gasteiger partial charge in [-0.2, -0.15) is 5.56 Å². The number of carbonyl (C=O) groups is 2. The molecule has 0 N–H and O–H groups in total. The number of aryl methyl sites for hydroxylation is 3. The Morgan fingerprint density at radius 1 is 0.852 bits per heavy atom. The molecule has 3 nitrogen and oxygen atoms in total. The van der Waals surface area contributed by atoms with E-state index in [1.165, 1.54) is 0 Å². The third-order valence-electron chi connectivity index (χ3n) is 5.23. The summed E-state index contributed by atoms with van der Waals surface area (Å²) in [5.74, 6) is -1.18. The molecule has 1 radical (unpaired) electrons. The first-order valence-corrected chi connectivity index (χ1v) is 8.30. The summed E-state index contributed by atoms with van der Waals surface area (Å²) in [4.78, 5) is 30.4. The zero-order valence-corrected chi connectivity index (χ0v) is 23.7. The summed E-state index contributed by atoms with van der Waals surface area (Å²) in [6.45, 7) is 7.86. The fourth-order valence-corrected chi connectivity index (χ4v) is 3.49. The van der Waals surface area contributed by atoms with E-state index in [0.29, 0.717) is 22.3 Å². The molecule has 2 aromatic carbocycles. The van der Waals surface area contributed by atoms with Crippen molar-refractivity contribution in [3.8, 4) is 0 Å². The molecular weight excluding hydrogens is 582 g/mol. The van der Waals surface area contributed by atoms with Crippen LogP contribution in [0.25, 0.3) is 10.9 Å². The molecule has 4 rings (SSSR count). The van der Waals surface area contributed by atoms with Crippen LogP contribution in [0.3, 0.4) is 0 Å². The zero-order valence-electron chi connectivity index (χ0n) is 16.0. The van der Waals surface area contributed by atoms with Crippen LogP contribution in [-0.4, -0.2) is 16.6 Å². The number of benzene rings is 2.